The number of phenols is 1. The van der Waals surface area contributed by atoms with Crippen LogP contribution in [0.15, 0.2) is 42.5 Å². The molecule has 19 heavy (non-hydrogen) atoms. The third-order valence-corrected chi connectivity index (χ3v) is 3.70. The quantitative estimate of drug-likeness (QED) is 0.884. The number of hydrogen-bond acceptors (Lipinski definition) is 2. The molecule has 0 radical (unpaired) electrons. The molecule has 2 N–H and O–H groups in total. The Morgan fingerprint density at radius 1 is 1.21 bits per heavy atom. The zero-order chi connectivity index (χ0) is 13.2. The van der Waals surface area contributed by atoms with Crippen molar-refractivity contribution in [1.82, 2.24) is 5.32 Å². The number of fused-ring (bicyclic) bond motifs is 1. The van der Waals surface area contributed by atoms with Gasteiger partial charge >= 0.3 is 0 Å². The van der Waals surface area contributed by atoms with Crippen molar-refractivity contribution in [2.45, 2.75) is 25.4 Å². The molecule has 0 spiro atoms. The fourth-order valence-electron chi connectivity index (χ4n) is 2.67. The summed E-state index contributed by atoms with van der Waals surface area (Å²) in [5, 5.41) is 12.6. The Kier molecular flexibility index (Phi) is 3.22. The molecule has 98 valence electrons. The van der Waals surface area contributed by atoms with Crippen molar-refractivity contribution in [3.63, 3.8) is 0 Å². The van der Waals surface area contributed by atoms with E-state index in [1.165, 1.54) is 23.3 Å². The van der Waals surface area contributed by atoms with Crippen LogP contribution < -0.4 is 5.32 Å². The highest BCUT2D eigenvalue weighted by molar-refractivity contribution is 5.34. The molecule has 3 rings (SSSR count). The largest absolute Gasteiger partial charge is 0.505 e. The number of aromatic hydroxyl groups is 1. The predicted octanol–water partition coefficient (Wildman–Crippen LogP) is 3.31. The molecule has 1 aliphatic carbocycles. The van der Waals surface area contributed by atoms with Crippen LogP contribution in [0.2, 0.25) is 0 Å². The van der Waals surface area contributed by atoms with E-state index in [4.69, 9.17) is 5.11 Å². The van der Waals surface area contributed by atoms with Crippen molar-refractivity contribution in [3.05, 3.63) is 65.0 Å². The Morgan fingerprint density at radius 2 is 2.05 bits per heavy atom. The van der Waals surface area contributed by atoms with Gasteiger partial charge in [0, 0.05) is 12.6 Å². The van der Waals surface area contributed by atoms with Crippen LogP contribution in [-0.2, 0) is 13.0 Å². The van der Waals surface area contributed by atoms with E-state index in [9.17, 15) is 4.39 Å². The minimum Gasteiger partial charge on any atom is -0.505 e. The first-order valence-corrected chi connectivity index (χ1v) is 6.52. The minimum absolute atomic E-state index is 0.296. The van der Waals surface area contributed by atoms with Gasteiger partial charge in [0.25, 0.3) is 0 Å². The highest BCUT2D eigenvalue weighted by Gasteiger charge is 2.21. The van der Waals surface area contributed by atoms with Crippen molar-refractivity contribution in [2.75, 3.05) is 0 Å². The van der Waals surface area contributed by atoms with Crippen LogP contribution in [0.5, 0.6) is 5.75 Å². The molecule has 0 aliphatic heterocycles. The third-order valence-electron chi connectivity index (χ3n) is 3.70. The molecule has 1 atom stereocenters. The number of benzene rings is 2. The van der Waals surface area contributed by atoms with Crippen LogP contribution >= 0.6 is 0 Å². The number of halogens is 1. The molecule has 0 fully saturated rings. The fraction of sp³-hybridized carbons (Fsp3) is 0.250. The summed E-state index contributed by atoms with van der Waals surface area (Å²) in [4.78, 5) is 0. The predicted molar refractivity (Wildman–Crippen MR) is 72.4 cm³/mol. The molecule has 0 saturated heterocycles. The molecule has 0 bridgehead atoms. The molecule has 0 amide bonds. The van der Waals surface area contributed by atoms with Crippen LogP contribution in [0.1, 0.15) is 29.2 Å². The van der Waals surface area contributed by atoms with Gasteiger partial charge in [0.15, 0.2) is 11.6 Å². The van der Waals surface area contributed by atoms with Crippen LogP contribution in [0.4, 0.5) is 4.39 Å². The van der Waals surface area contributed by atoms with Crippen molar-refractivity contribution >= 4 is 0 Å². The van der Waals surface area contributed by atoms with E-state index in [2.05, 4.69) is 29.6 Å². The SMILES string of the molecule is Oc1ccc(CNC2CCc3ccccc32)cc1F. The lowest BCUT2D eigenvalue weighted by molar-refractivity contribution is 0.431. The van der Waals surface area contributed by atoms with Crippen molar-refractivity contribution < 1.29 is 9.50 Å². The second kappa shape index (κ2) is 5.02. The lowest BCUT2D eigenvalue weighted by Crippen LogP contribution is -2.18. The number of rotatable bonds is 3. The van der Waals surface area contributed by atoms with E-state index < -0.39 is 5.82 Å². The van der Waals surface area contributed by atoms with Gasteiger partial charge in [0.1, 0.15) is 0 Å². The summed E-state index contributed by atoms with van der Waals surface area (Å²) in [6.07, 6.45) is 2.18. The lowest BCUT2D eigenvalue weighted by Gasteiger charge is -2.14. The van der Waals surface area contributed by atoms with Gasteiger partial charge in [-0.15, -0.1) is 0 Å². The molecule has 0 aromatic heterocycles. The molecular weight excluding hydrogens is 241 g/mol. The molecule has 2 aromatic rings. The van der Waals surface area contributed by atoms with Crippen LogP contribution in [0.3, 0.4) is 0 Å². The zero-order valence-electron chi connectivity index (χ0n) is 10.6. The van der Waals surface area contributed by atoms with Crippen molar-refractivity contribution in [2.24, 2.45) is 0 Å². The van der Waals surface area contributed by atoms with Gasteiger partial charge in [-0.05, 0) is 41.7 Å². The van der Waals surface area contributed by atoms with E-state index in [0.717, 1.165) is 18.4 Å². The van der Waals surface area contributed by atoms with Gasteiger partial charge in [-0.25, -0.2) is 4.39 Å². The van der Waals surface area contributed by atoms with Gasteiger partial charge < -0.3 is 10.4 Å². The Hall–Kier alpha value is -1.87. The average molecular weight is 257 g/mol. The minimum atomic E-state index is -0.564. The highest BCUT2D eigenvalue weighted by atomic mass is 19.1. The van der Waals surface area contributed by atoms with Crippen LogP contribution in [0.25, 0.3) is 0 Å². The van der Waals surface area contributed by atoms with E-state index in [-0.39, 0.29) is 5.75 Å². The van der Waals surface area contributed by atoms with Gasteiger partial charge in [0.2, 0.25) is 0 Å². The monoisotopic (exact) mass is 257 g/mol. The molecular formula is C16H16FNO. The molecule has 0 saturated carbocycles. The molecule has 2 nitrogen and oxygen atoms in total. The summed E-state index contributed by atoms with van der Waals surface area (Å²) in [5.74, 6) is -0.860. The summed E-state index contributed by atoms with van der Waals surface area (Å²) >= 11 is 0. The Balaban J connectivity index is 1.69. The summed E-state index contributed by atoms with van der Waals surface area (Å²) < 4.78 is 13.2. The molecule has 1 unspecified atom stereocenters. The first kappa shape index (κ1) is 12.2. The zero-order valence-corrected chi connectivity index (χ0v) is 10.6. The number of nitrogens with one attached hydrogen (secondary N) is 1. The van der Waals surface area contributed by atoms with E-state index >= 15 is 0 Å². The van der Waals surface area contributed by atoms with E-state index in [1.807, 2.05) is 0 Å². The highest BCUT2D eigenvalue weighted by Crippen LogP contribution is 2.31. The maximum atomic E-state index is 13.2. The molecule has 0 heterocycles. The smallest absolute Gasteiger partial charge is 0.165 e. The Bertz CT molecular complexity index is 597. The maximum Gasteiger partial charge on any atom is 0.165 e. The Labute approximate surface area is 111 Å². The standard InChI is InChI=1S/C16H16FNO/c17-14-9-11(5-8-16(14)19)10-18-15-7-6-12-3-1-2-4-13(12)15/h1-5,8-9,15,18-19H,6-7,10H2. The second-order valence-corrected chi connectivity index (χ2v) is 4.96. The van der Waals surface area contributed by atoms with Gasteiger partial charge in [-0.3, -0.25) is 0 Å². The molecule has 2 aromatic carbocycles. The third kappa shape index (κ3) is 2.47. The van der Waals surface area contributed by atoms with Gasteiger partial charge in [-0.1, -0.05) is 30.3 Å². The summed E-state index contributed by atoms with van der Waals surface area (Å²) in [7, 11) is 0. The fourth-order valence-corrected chi connectivity index (χ4v) is 2.67. The van der Waals surface area contributed by atoms with Crippen LogP contribution in [0, 0.1) is 5.82 Å². The van der Waals surface area contributed by atoms with E-state index in [1.54, 1.807) is 6.07 Å². The molecule has 1 aliphatic rings. The average Bonchev–Trinajstić information content (AvgIpc) is 2.83. The van der Waals surface area contributed by atoms with Gasteiger partial charge in [0.05, 0.1) is 0 Å². The van der Waals surface area contributed by atoms with E-state index in [0.29, 0.717) is 12.6 Å². The number of hydrogen-bond donors (Lipinski definition) is 2. The summed E-state index contributed by atoms with van der Waals surface area (Å²) in [6, 6.07) is 13.3. The number of phenolic OH excluding ortho intramolecular Hbond substituents is 1. The van der Waals surface area contributed by atoms with Crippen molar-refractivity contribution in [1.29, 1.82) is 0 Å². The number of aryl methyl sites for hydroxylation is 1. The normalized spacial score (nSPS) is 17.4. The Morgan fingerprint density at radius 3 is 2.89 bits per heavy atom. The summed E-state index contributed by atoms with van der Waals surface area (Å²) in [5.41, 5.74) is 3.60. The maximum absolute atomic E-state index is 13.2. The lowest BCUT2D eigenvalue weighted by atomic mass is 10.1. The first-order chi connectivity index (χ1) is 9.24. The topological polar surface area (TPSA) is 32.3 Å². The molecule has 3 heteroatoms. The van der Waals surface area contributed by atoms with Gasteiger partial charge in [-0.2, -0.15) is 0 Å². The summed E-state index contributed by atoms with van der Waals surface area (Å²) in [6.45, 7) is 0.607. The first-order valence-electron chi connectivity index (χ1n) is 6.52. The second-order valence-electron chi connectivity index (χ2n) is 4.96. The van der Waals surface area contributed by atoms with Crippen molar-refractivity contribution in [3.8, 4) is 5.75 Å². The van der Waals surface area contributed by atoms with Crippen LogP contribution in [-0.4, -0.2) is 5.11 Å².